The fourth-order valence-corrected chi connectivity index (χ4v) is 3.93. The second-order valence-corrected chi connectivity index (χ2v) is 7.90. The van der Waals surface area contributed by atoms with E-state index in [1.807, 2.05) is 6.07 Å². The molecule has 10 nitrogen and oxygen atoms in total. The molecule has 7 N–H and O–H groups in total. The van der Waals surface area contributed by atoms with Gasteiger partial charge in [0, 0.05) is 13.1 Å². The lowest BCUT2D eigenvalue weighted by Gasteiger charge is -2.31. The summed E-state index contributed by atoms with van der Waals surface area (Å²) in [5.74, 6) is 0.320. The maximum absolute atomic E-state index is 12.0. The van der Waals surface area contributed by atoms with Crippen LogP contribution in [-0.2, 0) is 17.8 Å². The van der Waals surface area contributed by atoms with E-state index < -0.39 is 5.97 Å². The van der Waals surface area contributed by atoms with Gasteiger partial charge in [0.15, 0.2) is 0 Å². The second-order valence-electron chi connectivity index (χ2n) is 7.90. The number of nitrogens with two attached hydrogens (primary N) is 2. The summed E-state index contributed by atoms with van der Waals surface area (Å²) in [5.41, 5.74) is 12.0. The van der Waals surface area contributed by atoms with E-state index >= 15 is 0 Å². The van der Waals surface area contributed by atoms with Gasteiger partial charge in [0.2, 0.25) is 0 Å². The lowest BCUT2D eigenvalue weighted by Crippen LogP contribution is -2.37. The molecule has 1 aliphatic heterocycles. The average Bonchev–Trinajstić information content (AvgIpc) is 3.01. The highest BCUT2D eigenvalue weighted by Crippen LogP contribution is 2.22. The Hall–Kier alpha value is -3.27. The molecule has 2 heterocycles. The molecule has 1 aliphatic rings. The zero-order chi connectivity index (χ0) is 22.4. The maximum atomic E-state index is 12.0. The van der Waals surface area contributed by atoms with Gasteiger partial charge >= 0.3 is 11.7 Å². The molecule has 0 spiro atoms. The number of H-pyrrole nitrogens is 1. The fourth-order valence-electron chi connectivity index (χ4n) is 3.93. The fraction of sp³-hybridized carbons (Fsp3) is 0.476. The molecule has 0 saturated carbocycles. The van der Waals surface area contributed by atoms with E-state index in [0.717, 1.165) is 44.5 Å². The SMILES string of the molecule is N=C(N)c1[nH]c(=O)n(CCC2CCN(CCOc3cccc(CC(=O)O)c3)CC2)c1N. The summed E-state index contributed by atoms with van der Waals surface area (Å²) in [6.45, 7) is 3.79. The Balaban J connectivity index is 1.39. The van der Waals surface area contributed by atoms with E-state index in [-0.39, 0.29) is 29.5 Å². The van der Waals surface area contributed by atoms with Gasteiger partial charge in [0.1, 0.15) is 29.7 Å². The number of nitrogens with zero attached hydrogens (tertiary/aromatic N) is 2. The number of carboxylic acid groups (broad SMARTS) is 1. The lowest BCUT2D eigenvalue weighted by atomic mass is 9.93. The third kappa shape index (κ3) is 6.11. The number of amidine groups is 1. The molecular weight excluding hydrogens is 400 g/mol. The van der Waals surface area contributed by atoms with Gasteiger partial charge in [-0.2, -0.15) is 0 Å². The first-order chi connectivity index (χ1) is 14.8. The van der Waals surface area contributed by atoms with Crippen molar-refractivity contribution in [1.29, 1.82) is 5.41 Å². The van der Waals surface area contributed by atoms with Crippen molar-refractivity contribution >= 4 is 17.6 Å². The number of anilines is 1. The number of rotatable bonds is 10. The van der Waals surface area contributed by atoms with Crippen LogP contribution in [0.15, 0.2) is 29.1 Å². The monoisotopic (exact) mass is 430 g/mol. The number of piperidine rings is 1. The number of carbonyl (C=O) groups is 1. The summed E-state index contributed by atoms with van der Waals surface area (Å²) in [5, 5.41) is 16.4. The highest BCUT2D eigenvalue weighted by atomic mass is 16.5. The van der Waals surface area contributed by atoms with Crippen molar-refractivity contribution in [3.8, 4) is 5.75 Å². The first-order valence-electron chi connectivity index (χ1n) is 10.4. The van der Waals surface area contributed by atoms with Gasteiger partial charge < -0.3 is 26.3 Å². The van der Waals surface area contributed by atoms with Crippen LogP contribution in [0.25, 0.3) is 0 Å². The molecule has 0 unspecified atom stereocenters. The Morgan fingerprint density at radius 1 is 1.29 bits per heavy atom. The van der Waals surface area contributed by atoms with Gasteiger partial charge in [0.25, 0.3) is 0 Å². The Morgan fingerprint density at radius 3 is 2.68 bits per heavy atom. The minimum Gasteiger partial charge on any atom is -0.492 e. The lowest BCUT2D eigenvalue weighted by molar-refractivity contribution is -0.136. The predicted molar refractivity (Wildman–Crippen MR) is 118 cm³/mol. The first-order valence-corrected chi connectivity index (χ1v) is 10.4. The molecule has 0 atom stereocenters. The highest BCUT2D eigenvalue weighted by Gasteiger charge is 2.20. The molecule has 1 aromatic carbocycles. The standard InChI is InChI=1S/C21H30N6O4/c22-19(23)18-20(24)27(21(30)25-18)9-6-14-4-7-26(8-5-14)10-11-31-16-3-1-2-15(12-16)13-17(28)29/h1-3,12,14H,4-11,13,24H2,(H3,22,23)(H,25,30)(H,28,29). The number of ether oxygens (including phenoxy) is 1. The van der Waals surface area contributed by atoms with Crippen LogP contribution in [0.3, 0.4) is 0 Å². The van der Waals surface area contributed by atoms with Crippen molar-refractivity contribution < 1.29 is 14.6 Å². The number of aromatic amines is 1. The van der Waals surface area contributed by atoms with Gasteiger partial charge in [-0.1, -0.05) is 12.1 Å². The minimum absolute atomic E-state index is 0.0126. The number of likely N-dealkylation sites (tertiary alicyclic amines) is 1. The third-order valence-corrected chi connectivity index (χ3v) is 5.69. The molecule has 10 heteroatoms. The number of imidazole rings is 1. The van der Waals surface area contributed by atoms with E-state index in [1.165, 1.54) is 4.57 Å². The Labute approximate surface area is 180 Å². The third-order valence-electron chi connectivity index (χ3n) is 5.69. The number of hydrogen-bond acceptors (Lipinski definition) is 6. The van der Waals surface area contributed by atoms with Crippen molar-refractivity contribution in [1.82, 2.24) is 14.5 Å². The van der Waals surface area contributed by atoms with E-state index in [4.69, 9.17) is 26.7 Å². The van der Waals surface area contributed by atoms with E-state index in [0.29, 0.717) is 24.8 Å². The predicted octanol–water partition coefficient (Wildman–Crippen LogP) is 0.851. The van der Waals surface area contributed by atoms with Gasteiger partial charge in [-0.25, -0.2) is 4.79 Å². The summed E-state index contributed by atoms with van der Waals surface area (Å²) in [4.78, 5) is 27.7. The largest absolute Gasteiger partial charge is 0.492 e. The number of hydrogen-bond donors (Lipinski definition) is 5. The zero-order valence-electron chi connectivity index (χ0n) is 17.5. The summed E-state index contributed by atoms with van der Waals surface area (Å²) in [7, 11) is 0. The van der Waals surface area contributed by atoms with Crippen molar-refractivity contribution in [2.24, 2.45) is 11.7 Å². The van der Waals surface area contributed by atoms with Crippen molar-refractivity contribution in [3.05, 3.63) is 46.0 Å². The second kappa shape index (κ2) is 10.2. The molecule has 168 valence electrons. The Kier molecular flexibility index (Phi) is 7.35. The normalized spacial score (nSPS) is 15.1. The number of benzene rings is 1. The molecule has 3 rings (SSSR count). The quantitative estimate of drug-likeness (QED) is 0.275. The molecule has 1 aromatic heterocycles. The van der Waals surface area contributed by atoms with Crippen LogP contribution in [0.2, 0.25) is 0 Å². The van der Waals surface area contributed by atoms with E-state index in [2.05, 4.69) is 9.88 Å². The van der Waals surface area contributed by atoms with Crippen LogP contribution >= 0.6 is 0 Å². The molecule has 2 aromatic rings. The molecule has 1 fully saturated rings. The highest BCUT2D eigenvalue weighted by molar-refractivity contribution is 5.97. The van der Waals surface area contributed by atoms with Crippen LogP contribution < -0.4 is 21.9 Å². The molecule has 0 radical (unpaired) electrons. The Morgan fingerprint density at radius 2 is 2.03 bits per heavy atom. The van der Waals surface area contributed by atoms with Gasteiger partial charge in [0.05, 0.1) is 6.42 Å². The van der Waals surface area contributed by atoms with Crippen LogP contribution in [0.4, 0.5) is 5.82 Å². The molecular formula is C21H30N6O4. The van der Waals surface area contributed by atoms with Crippen molar-refractivity contribution in [3.63, 3.8) is 0 Å². The maximum Gasteiger partial charge on any atom is 0.327 e. The number of nitrogens with one attached hydrogen (secondary N) is 2. The first kappa shape index (κ1) is 22.4. The summed E-state index contributed by atoms with van der Waals surface area (Å²) in [6.07, 6.45) is 2.90. The molecule has 1 saturated heterocycles. The molecule has 0 aliphatic carbocycles. The van der Waals surface area contributed by atoms with Crippen LogP contribution in [0, 0.1) is 11.3 Å². The summed E-state index contributed by atoms with van der Waals surface area (Å²) >= 11 is 0. The summed E-state index contributed by atoms with van der Waals surface area (Å²) in [6, 6.07) is 7.19. The van der Waals surface area contributed by atoms with Gasteiger partial charge in [-0.05, 0) is 56.0 Å². The molecule has 31 heavy (non-hydrogen) atoms. The van der Waals surface area contributed by atoms with E-state index in [9.17, 15) is 9.59 Å². The summed E-state index contributed by atoms with van der Waals surface area (Å²) < 4.78 is 7.25. The zero-order valence-corrected chi connectivity index (χ0v) is 17.5. The average molecular weight is 431 g/mol. The van der Waals surface area contributed by atoms with E-state index in [1.54, 1.807) is 18.2 Å². The smallest absolute Gasteiger partial charge is 0.327 e. The number of carboxylic acids is 1. The van der Waals surface area contributed by atoms with Crippen molar-refractivity contribution in [2.45, 2.75) is 32.2 Å². The van der Waals surface area contributed by atoms with Gasteiger partial charge in [-0.15, -0.1) is 0 Å². The number of aliphatic carboxylic acids is 1. The van der Waals surface area contributed by atoms with Crippen LogP contribution in [0.1, 0.15) is 30.5 Å². The number of nitrogen functional groups attached to an aromatic ring is 2. The van der Waals surface area contributed by atoms with Crippen molar-refractivity contribution in [2.75, 3.05) is 32.0 Å². The Bertz CT molecular complexity index is 974. The van der Waals surface area contributed by atoms with Crippen LogP contribution in [0.5, 0.6) is 5.75 Å². The van der Waals surface area contributed by atoms with Gasteiger partial charge in [-0.3, -0.25) is 19.7 Å². The minimum atomic E-state index is -0.858. The molecule has 0 bridgehead atoms. The molecule has 0 amide bonds. The van der Waals surface area contributed by atoms with Crippen LogP contribution in [-0.4, -0.2) is 57.6 Å². The topological polar surface area (TPSA) is 163 Å². The number of aromatic nitrogens is 2.